The van der Waals surface area contributed by atoms with Crippen molar-refractivity contribution in [1.82, 2.24) is 0 Å². The van der Waals surface area contributed by atoms with Gasteiger partial charge < -0.3 is 15.2 Å². The highest BCUT2D eigenvalue weighted by Crippen LogP contribution is 2.29. The summed E-state index contributed by atoms with van der Waals surface area (Å²) in [4.78, 5) is 0. The van der Waals surface area contributed by atoms with Crippen LogP contribution in [0, 0.1) is 0 Å². The van der Waals surface area contributed by atoms with Gasteiger partial charge in [-0.1, -0.05) is 29.3 Å². The summed E-state index contributed by atoms with van der Waals surface area (Å²) in [5, 5.41) is 0.428. The molecule has 0 aliphatic carbocycles. The molecule has 1 aromatic rings. The summed E-state index contributed by atoms with van der Waals surface area (Å²) in [5.74, 6) is 1.29. The van der Waals surface area contributed by atoms with Crippen LogP contribution in [0.1, 0.15) is 12.5 Å². The zero-order valence-corrected chi connectivity index (χ0v) is 11.1. The third-order valence-corrected chi connectivity index (χ3v) is 2.62. The Kier molecular flexibility index (Phi) is 6.19. The molecule has 1 aromatic carbocycles. The Balaban J connectivity index is 2.82. The molecule has 0 bridgehead atoms. The number of ether oxygens (including phenoxy) is 2. The fourth-order valence-corrected chi connectivity index (χ4v) is 1.36. The number of nitrogens with two attached hydrogens (primary N) is 1. The fraction of sp³-hybridized carbons (Fsp3) is 0.333. The second-order valence-electron chi connectivity index (χ2n) is 3.26. The van der Waals surface area contributed by atoms with Crippen molar-refractivity contribution in [3.8, 4) is 11.5 Å². The van der Waals surface area contributed by atoms with E-state index < -0.39 is 0 Å². The Morgan fingerprint density at radius 1 is 1.35 bits per heavy atom. The molecular formula is C12H15Cl2NO2. The van der Waals surface area contributed by atoms with E-state index in [0.29, 0.717) is 29.7 Å². The molecule has 94 valence electrons. The Morgan fingerprint density at radius 3 is 2.71 bits per heavy atom. The van der Waals surface area contributed by atoms with E-state index in [9.17, 15) is 0 Å². The SMILES string of the molecule is CCOc1cc(CN)ccc1OCC(Cl)=CCl. The molecule has 0 amide bonds. The second-order valence-corrected chi connectivity index (χ2v) is 3.97. The minimum absolute atomic E-state index is 0.215. The van der Waals surface area contributed by atoms with Gasteiger partial charge in [0.15, 0.2) is 11.5 Å². The first-order valence-electron chi connectivity index (χ1n) is 5.24. The van der Waals surface area contributed by atoms with Crippen LogP contribution in [0.2, 0.25) is 0 Å². The lowest BCUT2D eigenvalue weighted by Gasteiger charge is -2.12. The zero-order chi connectivity index (χ0) is 12.7. The molecule has 0 saturated carbocycles. The predicted octanol–water partition coefficient (Wildman–Crippen LogP) is 3.24. The maximum Gasteiger partial charge on any atom is 0.161 e. The number of hydrogen-bond acceptors (Lipinski definition) is 3. The first kappa shape index (κ1) is 14.2. The normalized spacial score (nSPS) is 11.4. The average molecular weight is 276 g/mol. The fourth-order valence-electron chi connectivity index (χ4n) is 1.25. The summed E-state index contributed by atoms with van der Waals surface area (Å²) < 4.78 is 11.0. The lowest BCUT2D eigenvalue weighted by atomic mass is 10.2. The van der Waals surface area contributed by atoms with Crippen molar-refractivity contribution in [3.05, 3.63) is 34.3 Å². The molecule has 3 nitrogen and oxygen atoms in total. The predicted molar refractivity (Wildman–Crippen MR) is 70.8 cm³/mol. The van der Waals surface area contributed by atoms with Gasteiger partial charge in [0.25, 0.3) is 0 Å². The maximum absolute atomic E-state index is 5.75. The molecule has 0 saturated heterocycles. The summed E-state index contributed by atoms with van der Waals surface area (Å²) in [7, 11) is 0. The molecular weight excluding hydrogens is 261 g/mol. The van der Waals surface area contributed by atoms with Gasteiger partial charge in [0, 0.05) is 12.1 Å². The van der Waals surface area contributed by atoms with E-state index >= 15 is 0 Å². The summed E-state index contributed by atoms with van der Waals surface area (Å²) >= 11 is 11.2. The van der Waals surface area contributed by atoms with Crippen molar-refractivity contribution in [2.45, 2.75) is 13.5 Å². The van der Waals surface area contributed by atoms with Gasteiger partial charge in [-0.3, -0.25) is 0 Å². The van der Waals surface area contributed by atoms with Crippen LogP contribution in [0.15, 0.2) is 28.8 Å². The molecule has 0 unspecified atom stereocenters. The van der Waals surface area contributed by atoms with Gasteiger partial charge in [0.2, 0.25) is 0 Å². The number of hydrogen-bond donors (Lipinski definition) is 1. The largest absolute Gasteiger partial charge is 0.490 e. The van der Waals surface area contributed by atoms with Crippen molar-refractivity contribution in [2.24, 2.45) is 5.73 Å². The molecule has 5 heteroatoms. The third-order valence-electron chi connectivity index (χ3n) is 2.03. The van der Waals surface area contributed by atoms with Gasteiger partial charge in [-0.15, -0.1) is 0 Å². The van der Waals surface area contributed by atoms with Crippen LogP contribution in [0.3, 0.4) is 0 Å². The van der Waals surface area contributed by atoms with E-state index in [1.807, 2.05) is 25.1 Å². The molecule has 0 aromatic heterocycles. The maximum atomic E-state index is 5.75. The molecule has 0 heterocycles. The molecule has 0 spiro atoms. The summed E-state index contributed by atoms with van der Waals surface area (Å²) in [5.41, 5.74) is 7.82. The Bertz CT molecular complexity index is 394. The zero-order valence-electron chi connectivity index (χ0n) is 9.58. The topological polar surface area (TPSA) is 44.5 Å². The van der Waals surface area contributed by atoms with Crippen molar-refractivity contribution < 1.29 is 9.47 Å². The van der Waals surface area contributed by atoms with Crippen LogP contribution >= 0.6 is 23.2 Å². The van der Waals surface area contributed by atoms with Gasteiger partial charge in [0.05, 0.1) is 11.6 Å². The monoisotopic (exact) mass is 275 g/mol. The first-order valence-corrected chi connectivity index (χ1v) is 6.06. The number of rotatable bonds is 6. The van der Waals surface area contributed by atoms with Crippen LogP contribution in [0.4, 0.5) is 0 Å². The van der Waals surface area contributed by atoms with E-state index in [1.165, 1.54) is 5.54 Å². The van der Waals surface area contributed by atoms with Crippen molar-refractivity contribution in [3.63, 3.8) is 0 Å². The van der Waals surface area contributed by atoms with Crippen LogP contribution in [0.25, 0.3) is 0 Å². The van der Waals surface area contributed by atoms with Gasteiger partial charge in [0.1, 0.15) is 6.61 Å². The molecule has 0 aliphatic heterocycles. The van der Waals surface area contributed by atoms with Gasteiger partial charge in [-0.25, -0.2) is 0 Å². The van der Waals surface area contributed by atoms with E-state index in [4.69, 9.17) is 38.4 Å². The Morgan fingerprint density at radius 2 is 2.12 bits per heavy atom. The quantitative estimate of drug-likeness (QED) is 0.867. The molecule has 2 N–H and O–H groups in total. The molecule has 0 radical (unpaired) electrons. The minimum atomic E-state index is 0.215. The number of halogens is 2. The van der Waals surface area contributed by atoms with E-state index in [2.05, 4.69) is 0 Å². The first-order chi connectivity index (χ1) is 8.21. The van der Waals surface area contributed by atoms with Crippen LogP contribution in [-0.2, 0) is 6.54 Å². The van der Waals surface area contributed by atoms with Crippen LogP contribution < -0.4 is 15.2 Å². The smallest absolute Gasteiger partial charge is 0.161 e. The van der Waals surface area contributed by atoms with Crippen LogP contribution in [0.5, 0.6) is 11.5 Å². The molecule has 0 aliphatic rings. The Hall–Kier alpha value is -0.900. The number of benzene rings is 1. The van der Waals surface area contributed by atoms with E-state index in [-0.39, 0.29) is 6.61 Å². The lowest BCUT2D eigenvalue weighted by Crippen LogP contribution is -2.03. The highest BCUT2D eigenvalue weighted by atomic mass is 35.5. The van der Waals surface area contributed by atoms with Gasteiger partial charge in [-0.2, -0.15) is 0 Å². The summed E-state index contributed by atoms with van der Waals surface area (Å²) in [6, 6.07) is 5.55. The standard InChI is InChI=1S/C12H15Cl2NO2/c1-2-16-12-5-9(7-15)3-4-11(12)17-8-10(14)6-13/h3-6H,2,7-8,15H2,1H3. The van der Waals surface area contributed by atoms with E-state index in [1.54, 1.807) is 0 Å². The molecule has 1 rings (SSSR count). The van der Waals surface area contributed by atoms with Gasteiger partial charge >= 0.3 is 0 Å². The highest BCUT2D eigenvalue weighted by Gasteiger charge is 2.06. The molecule has 17 heavy (non-hydrogen) atoms. The highest BCUT2D eigenvalue weighted by molar-refractivity contribution is 6.36. The van der Waals surface area contributed by atoms with Gasteiger partial charge in [-0.05, 0) is 24.6 Å². The third kappa shape index (κ3) is 4.46. The minimum Gasteiger partial charge on any atom is -0.490 e. The van der Waals surface area contributed by atoms with E-state index in [0.717, 1.165) is 5.56 Å². The second kappa shape index (κ2) is 7.43. The summed E-state index contributed by atoms with van der Waals surface area (Å²) in [6.45, 7) is 3.14. The van der Waals surface area contributed by atoms with Crippen molar-refractivity contribution in [1.29, 1.82) is 0 Å². The molecule has 0 atom stereocenters. The summed E-state index contributed by atoms with van der Waals surface area (Å²) in [6.07, 6.45) is 0. The van der Waals surface area contributed by atoms with Crippen molar-refractivity contribution in [2.75, 3.05) is 13.2 Å². The van der Waals surface area contributed by atoms with Crippen LogP contribution in [-0.4, -0.2) is 13.2 Å². The van der Waals surface area contributed by atoms with Crippen molar-refractivity contribution >= 4 is 23.2 Å². The Labute approximate surface area is 111 Å². The average Bonchev–Trinajstić information content (AvgIpc) is 2.37. The lowest BCUT2D eigenvalue weighted by molar-refractivity contribution is 0.295. The molecule has 0 fully saturated rings.